The van der Waals surface area contributed by atoms with Gasteiger partial charge in [-0.15, -0.1) is 15.3 Å². The number of rotatable bonds is 6. The van der Waals surface area contributed by atoms with Crippen molar-refractivity contribution in [1.29, 1.82) is 0 Å². The minimum absolute atomic E-state index is 0.0924. The number of nitrogens with zero attached hydrogens (tertiary/aromatic N) is 5. The average Bonchev–Trinajstić information content (AvgIpc) is 3.26. The molecule has 3 aromatic rings. The van der Waals surface area contributed by atoms with Crippen molar-refractivity contribution in [3.8, 4) is 34.0 Å². The Bertz CT molecular complexity index is 1110. The van der Waals surface area contributed by atoms with Crippen LogP contribution in [0, 0.1) is 5.82 Å². The predicted molar refractivity (Wildman–Crippen MR) is 118 cm³/mol. The Hall–Kier alpha value is -3.33. The van der Waals surface area contributed by atoms with Crippen molar-refractivity contribution in [2.75, 3.05) is 25.1 Å². The highest BCUT2D eigenvalue weighted by molar-refractivity contribution is 5.75. The van der Waals surface area contributed by atoms with Crippen molar-refractivity contribution >= 4 is 5.82 Å². The molecular formula is C23H25FN6O2. The van der Waals surface area contributed by atoms with E-state index in [1.807, 2.05) is 6.07 Å². The summed E-state index contributed by atoms with van der Waals surface area (Å²) >= 11 is 0. The molecule has 166 valence electrons. The fourth-order valence-corrected chi connectivity index (χ4v) is 4.23. The number of aromatic hydroxyl groups is 1. The van der Waals surface area contributed by atoms with E-state index in [0.717, 1.165) is 25.3 Å². The molecule has 1 atom stereocenters. The van der Waals surface area contributed by atoms with Crippen molar-refractivity contribution < 1.29 is 14.2 Å². The summed E-state index contributed by atoms with van der Waals surface area (Å²) in [6.45, 7) is 1.83. The number of anilines is 1. The molecule has 3 heterocycles. The van der Waals surface area contributed by atoms with Crippen LogP contribution in [-0.4, -0.2) is 57.8 Å². The molecule has 0 spiro atoms. The molecule has 2 aliphatic rings. The Morgan fingerprint density at radius 3 is 2.66 bits per heavy atom. The van der Waals surface area contributed by atoms with Crippen molar-refractivity contribution in [2.24, 2.45) is 0 Å². The molecule has 1 saturated heterocycles. The van der Waals surface area contributed by atoms with Crippen molar-refractivity contribution in [3.05, 3.63) is 42.3 Å². The fourth-order valence-electron chi connectivity index (χ4n) is 4.23. The van der Waals surface area contributed by atoms with Crippen molar-refractivity contribution in [3.63, 3.8) is 0 Å². The lowest BCUT2D eigenvalue weighted by molar-refractivity contribution is 0.311. The van der Waals surface area contributed by atoms with Crippen molar-refractivity contribution in [1.82, 2.24) is 25.7 Å². The van der Waals surface area contributed by atoms with Gasteiger partial charge >= 0.3 is 0 Å². The third-order valence-electron chi connectivity index (χ3n) is 6.25. The van der Waals surface area contributed by atoms with Crippen LogP contribution < -0.4 is 15.0 Å². The molecule has 1 saturated carbocycles. The maximum atomic E-state index is 14.9. The van der Waals surface area contributed by atoms with E-state index in [1.54, 1.807) is 12.1 Å². The molecule has 0 amide bonds. The second-order valence-corrected chi connectivity index (χ2v) is 8.34. The van der Waals surface area contributed by atoms with E-state index in [-0.39, 0.29) is 22.8 Å². The SMILES string of the molecule is COc1cc(-c2cc(O)c(-c3ccc(N4CCC(NC5CCC5)C4)nn3)cc2F)cnn1. The highest BCUT2D eigenvalue weighted by Crippen LogP contribution is 2.35. The molecule has 1 aromatic carbocycles. The third-order valence-corrected chi connectivity index (χ3v) is 6.25. The Balaban J connectivity index is 1.33. The zero-order valence-electron chi connectivity index (χ0n) is 17.8. The highest BCUT2D eigenvalue weighted by atomic mass is 19.1. The number of halogens is 1. The third kappa shape index (κ3) is 4.08. The van der Waals surface area contributed by atoms with E-state index >= 15 is 0 Å². The van der Waals surface area contributed by atoms with E-state index in [9.17, 15) is 9.50 Å². The summed E-state index contributed by atoms with van der Waals surface area (Å²) in [5.74, 6) is 0.450. The van der Waals surface area contributed by atoms with Gasteiger partial charge in [-0.2, -0.15) is 5.10 Å². The number of ether oxygens (including phenoxy) is 1. The summed E-state index contributed by atoms with van der Waals surface area (Å²) in [5, 5.41) is 30.5. The first-order chi connectivity index (χ1) is 15.6. The number of phenolic OH excluding ortho intramolecular Hbond substituents is 1. The van der Waals surface area contributed by atoms with Gasteiger partial charge in [-0.1, -0.05) is 6.42 Å². The first kappa shape index (κ1) is 20.6. The maximum Gasteiger partial charge on any atom is 0.233 e. The summed E-state index contributed by atoms with van der Waals surface area (Å²) in [4.78, 5) is 2.21. The highest BCUT2D eigenvalue weighted by Gasteiger charge is 2.28. The first-order valence-electron chi connectivity index (χ1n) is 10.9. The van der Waals surface area contributed by atoms with E-state index in [2.05, 4.69) is 30.6 Å². The summed E-state index contributed by atoms with van der Waals surface area (Å²) in [6.07, 6.45) is 6.37. The monoisotopic (exact) mass is 436 g/mol. The standard InChI is InChI=1S/C23H25FN6O2/c1-32-23-9-14(12-25-29-23)17-11-21(31)18(10-19(17)24)20-5-6-22(28-27-20)30-8-7-16(13-30)26-15-3-2-4-15/h5-6,9-12,15-16,26,31H,2-4,7-8,13H2,1H3. The van der Waals surface area contributed by atoms with Crippen LogP contribution in [0.25, 0.3) is 22.4 Å². The molecule has 2 fully saturated rings. The Morgan fingerprint density at radius 2 is 1.94 bits per heavy atom. The lowest BCUT2D eigenvalue weighted by Gasteiger charge is -2.29. The van der Waals surface area contributed by atoms with Crippen LogP contribution in [0.2, 0.25) is 0 Å². The van der Waals surface area contributed by atoms with Gasteiger partial charge in [-0.25, -0.2) is 4.39 Å². The quantitative estimate of drug-likeness (QED) is 0.608. The Kier molecular flexibility index (Phi) is 5.57. The predicted octanol–water partition coefficient (Wildman–Crippen LogP) is 3.17. The number of hydrogen-bond acceptors (Lipinski definition) is 8. The average molecular weight is 436 g/mol. The first-order valence-corrected chi connectivity index (χ1v) is 10.9. The minimum atomic E-state index is -0.511. The van der Waals surface area contributed by atoms with Gasteiger partial charge in [0.1, 0.15) is 11.6 Å². The molecule has 1 unspecified atom stereocenters. The van der Waals surface area contributed by atoms with Gasteiger partial charge in [-0.3, -0.25) is 0 Å². The van der Waals surface area contributed by atoms with Crippen LogP contribution in [0.3, 0.4) is 0 Å². The van der Waals surface area contributed by atoms with Crippen LogP contribution in [-0.2, 0) is 0 Å². The maximum absolute atomic E-state index is 14.9. The lowest BCUT2D eigenvalue weighted by Crippen LogP contribution is -2.43. The largest absolute Gasteiger partial charge is 0.507 e. The topological polar surface area (TPSA) is 96.3 Å². The molecule has 2 N–H and O–H groups in total. The minimum Gasteiger partial charge on any atom is -0.507 e. The zero-order chi connectivity index (χ0) is 22.1. The van der Waals surface area contributed by atoms with Crippen LogP contribution in [0.15, 0.2) is 36.5 Å². The Labute approximate surface area is 185 Å². The number of nitrogens with one attached hydrogen (secondary N) is 1. The van der Waals surface area contributed by atoms with Crippen molar-refractivity contribution in [2.45, 2.75) is 37.8 Å². The number of benzene rings is 1. The smallest absolute Gasteiger partial charge is 0.233 e. The lowest BCUT2D eigenvalue weighted by atomic mass is 9.92. The molecular weight excluding hydrogens is 411 g/mol. The molecule has 0 bridgehead atoms. The van der Waals surface area contributed by atoms with Gasteiger partial charge < -0.3 is 20.1 Å². The number of phenols is 1. The molecule has 1 aliphatic heterocycles. The molecule has 1 aliphatic carbocycles. The molecule has 32 heavy (non-hydrogen) atoms. The molecule has 5 rings (SSSR count). The molecule has 0 radical (unpaired) electrons. The molecule has 2 aromatic heterocycles. The summed E-state index contributed by atoms with van der Waals surface area (Å²) < 4.78 is 19.9. The van der Waals surface area contributed by atoms with Gasteiger partial charge in [0.2, 0.25) is 5.88 Å². The van der Waals surface area contributed by atoms with E-state index in [4.69, 9.17) is 4.74 Å². The summed E-state index contributed by atoms with van der Waals surface area (Å²) in [6, 6.07) is 8.95. The van der Waals surface area contributed by atoms with Gasteiger partial charge in [0, 0.05) is 47.9 Å². The van der Waals surface area contributed by atoms with Crippen LogP contribution in [0.4, 0.5) is 10.2 Å². The second kappa shape index (κ2) is 8.66. The summed E-state index contributed by atoms with van der Waals surface area (Å²) in [7, 11) is 1.46. The van der Waals surface area contributed by atoms with E-state index in [0.29, 0.717) is 23.3 Å². The normalized spacial score (nSPS) is 18.6. The second-order valence-electron chi connectivity index (χ2n) is 8.34. The molecule has 9 heteroatoms. The zero-order valence-corrected chi connectivity index (χ0v) is 17.8. The van der Waals surface area contributed by atoms with Gasteiger partial charge in [0.15, 0.2) is 5.82 Å². The summed E-state index contributed by atoms with van der Waals surface area (Å²) in [5.41, 5.74) is 1.35. The number of aromatic nitrogens is 4. The van der Waals surface area contributed by atoms with Crippen LogP contribution in [0.1, 0.15) is 25.7 Å². The van der Waals surface area contributed by atoms with E-state index < -0.39 is 5.82 Å². The number of hydrogen-bond donors (Lipinski definition) is 2. The fraction of sp³-hybridized carbons (Fsp3) is 0.391. The van der Waals surface area contributed by atoms with Gasteiger partial charge in [-0.05, 0) is 43.5 Å². The molecule has 8 nitrogen and oxygen atoms in total. The van der Waals surface area contributed by atoms with Crippen LogP contribution in [0.5, 0.6) is 11.6 Å². The van der Waals surface area contributed by atoms with Gasteiger partial charge in [0.25, 0.3) is 0 Å². The Morgan fingerprint density at radius 1 is 1.06 bits per heavy atom. The van der Waals surface area contributed by atoms with Crippen LogP contribution >= 0.6 is 0 Å². The number of methoxy groups -OCH3 is 1. The van der Waals surface area contributed by atoms with E-state index in [1.165, 1.54) is 44.7 Å². The van der Waals surface area contributed by atoms with Gasteiger partial charge in [0.05, 0.1) is 19.0 Å².